The second-order valence-electron chi connectivity index (χ2n) is 6.71. The maximum absolute atomic E-state index is 12.2. The number of anilines is 1. The maximum Gasteiger partial charge on any atom is 0.269 e. The predicted molar refractivity (Wildman–Crippen MR) is 109 cm³/mol. The van der Waals surface area contributed by atoms with Gasteiger partial charge in [-0.3, -0.25) is 14.9 Å². The summed E-state index contributed by atoms with van der Waals surface area (Å²) in [5, 5.41) is 18.5. The maximum atomic E-state index is 12.2. The Hall–Kier alpha value is -4.21. The summed E-state index contributed by atoms with van der Waals surface area (Å²) in [5.41, 5.74) is 7.99. The van der Waals surface area contributed by atoms with Crippen LogP contribution in [0, 0.1) is 10.1 Å². The van der Waals surface area contributed by atoms with Gasteiger partial charge in [0.05, 0.1) is 17.6 Å². The largest absolute Gasteiger partial charge is 0.497 e. The van der Waals surface area contributed by atoms with Gasteiger partial charge in [-0.2, -0.15) is 4.98 Å². The summed E-state index contributed by atoms with van der Waals surface area (Å²) in [6, 6.07) is 12.6. The van der Waals surface area contributed by atoms with Crippen molar-refractivity contribution < 1.29 is 14.5 Å². The number of primary amides is 1. The molecule has 2 aromatic carbocycles. The first-order valence-electron chi connectivity index (χ1n) is 9.02. The number of hydrogen-bond acceptors (Lipinski definition) is 7. The number of nitrogens with zero attached hydrogens (tertiary/aromatic N) is 4. The van der Waals surface area contributed by atoms with Crippen molar-refractivity contribution in [1.29, 1.82) is 0 Å². The molecule has 1 atom stereocenters. The monoisotopic (exact) mass is 406 g/mol. The number of aromatic nitrogens is 3. The zero-order valence-electron chi connectivity index (χ0n) is 16.2. The molecule has 30 heavy (non-hydrogen) atoms. The van der Waals surface area contributed by atoms with Crippen LogP contribution in [0.4, 0.5) is 11.6 Å². The summed E-state index contributed by atoms with van der Waals surface area (Å²) in [5.74, 6) is 0.911. The molecule has 0 spiro atoms. The molecule has 0 saturated carbocycles. The summed E-state index contributed by atoms with van der Waals surface area (Å²) < 4.78 is 6.80. The Morgan fingerprint density at radius 3 is 2.43 bits per heavy atom. The molecule has 2 heterocycles. The highest BCUT2D eigenvalue weighted by Gasteiger charge is 2.33. The number of carbonyl (C=O) groups is 1. The fraction of sp³-hybridized carbons (Fsp3) is 0.150. The van der Waals surface area contributed by atoms with Gasteiger partial charge in [-0.25, -0.2) is 4.68 Å². The molecule has 1 aliphatic rings. The Kier molecular flexibility index (Phi) is 4.66. The number of carbonyl (C=O) groups excluding carboxylic acids is 1. The number of nitrogens with one attached hydrogen (secondary N) is 1. The molecule has 152 valence electrons. The Balaban J connectivity index is 1.81. The highest BCUT2D eigenvalue weighted by molar-refractivity contribution is 5.95. The smallest absolute Gasteiger partial charge is 0.269 e. The summed E-state index contributed by atoms with van der Waals surface area (Å²) in [6.45, 7) is 1.75. The van der Waals surface area contributed by atoms with Crippen molar-refractivity contribution in [3.05, 3.63) is 75.5 Å². The molecular formula is C20H18N6O4. The van der Waals surface area contributed by atoms with Crippen molar-refractivity contribution in [1.82, 2.24) is 14.8 Å². The minimum atomic E-state index is -0.580. The van der Waals surface area contributed by atoms with Gasteiger partial charge in [0.2, 0.25) is 11.9 Å². The fourth-order valence-electron chi connectivity index (χ4n) is 3.42. The normalized spacial score (nSPS) is 15.3. The summed E-state index contributed by atoms with van der Waals surface area (Å²) in [7, 11) is 1.57. The number of benzene rings is 2. The van der Waals surface area contributed by atoms with Crippen LogP contribution >= 0.6 is 0 Å². The highest BCUT2D eigenvalue weighted by atomic mass is 16.6. The van der Waals surface area contributed by atoms with Crippen molar-refractivity contribution in [2.45, 2.75) is 13.0 Å². The Bertz CT molecular complexity index is 1170. The molecule has 0 radical (unpaired) electrons. The van der Waals surface area contributed by atoms with E-state index < -0.39 is 16.9 Å². The van der Waals surface area contributed by atoms with Crippen molar-refractivity contribution >= 4 is 17.5 Å². The summed E-state index contributed by atoms with van der Waals surface area (Å²) in [6.07, 6.45) is 0. The minimum Gasteiger partial charge on any atom is -0.497 e. The van der Waals surface area contributed by atoms with Crippen LogP contribution in [-0.4, -0.2) is 32.7 Å². The molecule has 0 aliphatic carbocycles. The molecule has 0 saturated heterocycles. The van der Waals surface area contributed by atoms with Crippen LogP contribution in [0.5, 0.6) is 5.75 Å². The zero-order chi connectivity index (χ0) is 21.4. The van der Waals surface area contributed by atoms with Crippen molar-refractivity contribution in [2.75, 3.05) is 12.4 Å². The van der Waals surface area contributed by atoms with Crippen LogP contribution < -0.4 is 15.8 Å². The quantitative estimate of drug-likeness (QED) is 0.490. The number of amides is 1. The lowest BCUT2D eigenvalue weighted by atomic mass is 9.95. The van der Waals surface area contributed by atoms with Gasteiger partial charge in [-0.15, -0.1) is 5.10 Å². The van der Waals surface area contributed by atoms with E-state index in [1.165, 1.54) is 12.1 Å². The molecule has 1 aromatic heterocycles. The number of non-ortho nitro benzene ring substituents is 1. The van der Waals surface area contributed by atoms with Crippen molar-refractivity contribution in [3.63, 3.8) is 0 Å². The molecule has 1 amide bonds. The first-order chi connectivity index (χ1) is 14.4. The minimum absolute atomic E-state index is 0.0227. The lowest BCUT2D eigenvalue weighted by Gasteiger charge is -2.27. The molecular weight excluding hydrogens is 388 g/mol. The molecule has 1 unspecified atom stereocenters. The molecule has 0 bridgehead atoms. The number of nitrogens with two attached hydrogens (primary N) is 1. The SMILES string of the molecule is COc1ccc(C2C(C(N)=O)=C(C)Nc3nc(-c4ccc([N+](=O)[O-])cc4)nn32)cc1. The average molecular weight is 406 g/mol. The predicted octanol–water partition coefficient (Wildman–Crippen LogP) is 2.64. The molecule has 1 aliphatic heterocycles. The third-order valence-corrected chi connectivity index (χ3v) is 4.89. The second kappa shape index (κ2) is 7.32. The number of nitro benzene ring substituents is 1. The standard InChI is InChI=1S/C20H18N6O4/c1-11-16(18(21)27)17(12-5-9-15(30-2)10-6-12)25-20(22-11)23-19(24-25)13-3-7-14(8-4-13)26(28)29/h3-10,17H,1-2H3,(H2,21,27)(H,22,23,24). The fourth-order valence-corrected chi connectivity index (χ4v) is 3.42. The molecule has 3 aromatic rings. The number of allylic oxidation sites excluding steroid dienone is 1. The van der Waals surface area contributed by atoms with Crippen LogP contribution in [-0.2, 0) is 4.79 Å². The number of hydrogen-bond donors (Lipinski definition) is 2. The summed E-state index contributed by atoms with van der Waals surface area (Å²) in [4.78, 5) is 27.2. The third-order valence-electron chi connectivity index (χ3n) is 4.89. The Morgan fingerprint density at radius 1 is 1.20 bits per heavy atom. The topological polar surface area (TPSA) is 138 Å². The van der Waals surface area contributed by atoms with Gasteiger partial charge in [0, 0.05) is 23.4 Å². The van der Waals surface area contributed by atoms with Crippen molar-refractivity contribution in [2.24, 2.45) is 5.73 Å². The zero-order valence-corrected chi connectivity index (χ0v) is 16.2. The third kappa shape index (κ3) is 3.24. The summed E-state index contributed by atoms with van der Waals surface area (Å²) >= 11 is 0. The highest BCUT2D eigenvalue weighted by Crippen LogP contribution is 2.36. The number of methoxy groups -OCH3 is 1. The van der Waals surface area contributed by atoms with Gasteiger partial charge >= 0.3 is 0 Å². The van der Waals surface area contributed by atoms with Crippen LogP contribution in [0.15, 0.2) is 59.8 Å². The number of ether oxygens (including phenoxy) is 1. The lowest BCUT2D eigenvalue weighted by Crippen LogP contribution is -2.31. The van der Waals surface area contributed by atoms with E-state index in [4.69, 9.17) is 10.5 Å². The van der Waals surface area contributed by atoms with E-state index in [-0.39, 0.29) is 5.69 Å². The average Bonchev–Trinajstić information content (AvgIpc) is 3.16. The molecule has 10 heteroatoms. The van der Waals surface area contributed by atoms with Gasteiger partial charge in [0.15, 0.2) is 5.82 Å². The molecule has 4 rings (SSSR count). The Morgan fingerprint density at radius 2 is 1.87 bits per heavy atom. The number of nitro groups is 1. The van der Waals surface area contributed by atoms with Gasteiger partial charge in [-0.05, 0) is 36.8 Å². The Labute approximate surface area is 171 Å². The van der Waals surface area contributed by atoms with E-state index in [2.05, 4.69) is 15.4 Å². The van der Waals surface area contributed by atoms with Crippen LogP contribution in [0.1, 0.15) is 18.5 Å². The molecule has 0 fully saturated rings. The van der Waals surface area contributed by atoms with E-state index in [1.807, 2.05) is 12.1 Å². The van der Waals surface area contributed by atoms with Crippen LogP contribution in [0.3, 0.4) is 0 Å². The van der Waals surface area contributed by atoms with Gasteiger partial charge in [0.25, 0.3) is 5.69 Å². The second-order valence-corrected chi connectivity index (χ2v) is 6.71. The van der Waals surface area contributed by atoms with E-state index in [0.717, 1.165) is 5.56 Å². The lowest BCUT2D eigenvalue weighted by molar-refractivity contribution is -0.384. The number of rotatable bonds is 5. The van der Waals surface area contributed by atoms with Crippen molar-refractivity contribution in [3.8, 4) is 17.1 Å². The van der Waals surface area contributed by atoms with Crippen LogP contribution in [0.2, 0.25) is 0 Å². The molecule has 10 nitrogen and oxygen atoms in total. The molecule has 3 N–H and O–H groups in total. The first kappa shape index (κ1) is 19.1. The van der Waals surface area contributed by atoms with E-state index in [1.54, 1.807) is 43.0 Å². The van der Waals surface area contributed by atoms with E-state index in [9.17, 15) is 14.9 Å². The number of fused-ring (bicyclic) bond motifs is 1. The van der Waals surface area contributed by atoms with Crippen LogP contribution in [0.25, 0.3) is 11.4 Å². The van der Waals surface area contributed by atoms with Gasteiger partial charge in [0.1, 0.15) is 11.8 Å². The van der Waals surface area contributed by atoms with E-state index in [0.29, 0.717) is 34.4 Å². The van der Waals surface area contributed by atoms with E-state index >= 15 is 0 Å². The van der Waals surface area contributed by atoms with Gasteiger partial charge in [-0.1, -0.05) is 12.1 Å². The van der Waals surface area contributed by atoms with Gasteiger partial charge < -0.3 is 15.8 Å². The first-order valence-corrected chi connectivity index (χ1v) is 9.02.